The lowest BCUT2D eigenvalue weighted by molar-refractivity contribution is -0.123. The first kappa shape index (κ1) is 27.9. The standard InChI is InChI=1S/C33H34N4O4S/c1-20-9-8-12-26(21(20)2)37-33-30(31(35-37)22-10-6-5-7-11-22)32(25-17-24(40-3)15-16-27(25)41-4)42-19-29(39)36(33)18-28(38)34-23-13-14-23/h5-12,15-17,23,32H,13-14,18-19H2,1-4H3,(H,34,38). The Morgan fingerprint density at radius 3 is 2.52 bits per heavy atom. The van der Waals surface area contributed by atoms with Crippen molar-refractivity contribution in [1.29, 1.82) is 0 Å². The summed E-state index contributed by atoms with van der Waals surface area (Å²) in [7, 11) is 3.28. The first-order chi connectivity index (χ1) is 20.4. The van der Waals surface area contributed by atoms with E-state index >= 15 is 0 Å². The number of aryl methyl sites for hydroxylation is 1. The van der Waals surface area contributed by atoms with Gasteiger partial charge in [-0.3, -0.25) is 14.5 Å². The van der Waals surface area contributed by atoms with E-state index in [1.807, 2.05) is 65.3 Å². The second kappa shape index (κ2) is 11.6. The summed E-state index contributed by atoms with van der Waals surface area (Å²) in [6.45, 7) is 4.03. The Labute approximate surface area is 250 Å². The summed E-state index contributed by atoms with van der Waals surface area (Å²) >= 11 is 1.51. The van der Waals surface area contributed by atoms with Crippen molar-refractivity contribution in [2.45, 2.75) is 38.0 Å². The number of nitrogens with one attached hydrogen (secondary N) is 1. The van der Waals surface area contributed by atoms with Crippen molar-refractivity contribution in [2.75, 3.05) is 31.4 Å². The molecule has 1 aliphatic heterocycles. The van der Waals surface area contributed by atoms with Gasteiger partial charge in [0, 0.05) is 22.7 Å². The van der Waals surface area contributed by atoms with Gasteiger partial charge >= 0.3 is 0 Å². The van der Waals surface area contributed by atoms with E-state index in [0.29, 0.717) is 17.3 Å². The molecule has 2 aliphatic rings. The highest BCUT2D eigenvalue weighted by atomic mass is 32.2. The van der Waals surface area contributed by atoms with E-state index in [0.717, 1.165) is 52.0 Å². The fraction of sp³-hybridized carbons (Fsp3) is 0.303. The summed E-state index contributed by atoms with van der Waals surface area (Å²) in [5, 5.41) is 7.95. The summed E-state index contributed by atoms with van der Waals surface area (Å²) < 4.78 is 13.3. The van der Waals surface area contributed by atoms with Gasteiger partial charge in [-0.1, -0.05) is 42.5 Å². The normalized spacial score (nSPS) is 16.5. The third-order valence-corrected chi connectivity index (χ3v) is 9.14. The molecule has 0 spiro atoms. The van der Waals surface area contributed by atoms with Crippen LogP contribution in [0.1, 0.15) is 40.3 Å². The average Bonchev–Trinajstić information content (AvgIpc) is 3.76. The highest BCUT2D eigenvalue weighted by molar-refractivity contribution is 8.00. The predicted octanol–water partition coefficient (Wildman–Crippen LogP) is 5.62. The van der Waals surface area contributed by atoms with Gasteiger partial charge in [0.2, 0.25) is 11.8 Å². The minimum atomic E-state index is -0.334. The molecule has 42 heavy (non-hydrogen) atoms. The summed E-state index contributed by atoms with van der Waals surface area (Å²) in [5.74, 6) is 1.82. The molecule has 2 heterocycles. The fourth-order valence-corrected chi connectivity index (χ4v) is 6.61. The highest BCUT2D eigenvalue weighted by Crippen LogP contribution is 2.51. The van der Waals surface area contributed by atoms with Crippen LogP contribution < -0.4 is 19.7 Å². The number of anilines is 1. The second-order valence-corrected chi connectivity index (χ2v) is 11.8. The van der Waals surface area contributed by atoms with Crippen molar-refractivity contribution < 1.29 is 19.1 Å². The van der Waals surface area contributed by atoms with Crippen molar-refractivity contribution >= 4 is 29.4 Å². The molecular weight excluding hydrogens is 548 g/mol. The van der Waals surface area contributed by atoms with E-state index in [-0.39, 0.29) is 35.4 Å². The molecule has 0 bridgehead atoms. The van der Waals surface area contributed by atoms with Gasteiger partial charge in [-0.05, 0) is 62.1 Å². The molecule has 1 aromatic heterocycles. The summed E-state index contributed by atoms with van der Waals surface area (Å²) in [6.07, 6.45) is 1.94. The molecule has 6 rings (SSSR count). The number of carbonyl (C=O) groups excluding carboxylic acids is 2. The van der Waals surface area contributed by atoms with Gasteiger partial charge in [0.15, 0.2) is 0 Å². The minimum Gasteiger partial charge on any atom is -0.497 e. The topological polar surface area (TPSA) is 85.7 Å². The number of fused-ring (bicyclic) bond motifs is 1. The molecular formula is C33H34N4O4S. The Balaban J connectivity index is 1.66. The van der Waals surface area contributed by atoms with Crippen molar-refractivity contribution in [3.8, 4) is 28.4 Å². The quantitative estimate of drug-likeness (QED) is 0.290. The molecule has 1 N–H and O–H groups in total. The van der Waals surface area contributed by atoms with Gasteiger partial charge in [-0.15, -0.1) is 11.8 Å². The molecule has 8 nitrogen and oxygen atoms in total. The SMILES string of the molecule is COc1ccc(OC)c(C2SCC(=O)N(CC(=O)NC3CC3)c3c2c(-c2ccccc2)nn3-c2cccc(C)c2C)c1. The molecule has 1 aliphatic carbocycles. The summed E-state index contributed by atoms with van der Waals surface area (Å²) in [6, 6.07) is 22.0. The Hall–Kier alpha value is -4.24. The van der Waals surface area contributed by atoms with E-state index in [4.69, 9.17) is 14.6 Å². The predicted molar refractivity (Wildman–Crippen MR) is 166 cm³/mol. The maximum absolute atomic E-state index is 14.0. The Bertz CT molecular complexity index is 1650. The number of ether oxygens (including phenoxy) is 2. The molecule has 216 valence electrons. The lowest BCUT2D eigenvalue weighted by Gasteiger charge is -2.24. The number of hydrogen-bond acceptors (Lipinski definition) is 6. The maximum atomic E-state index is 14.0. The van der Waals surface area contributed by atoms with Crippen LogP contribution in [-0.2, 0) is 9.59 Å². The summed E-state index contributed by atoms with van der Waals surface area (Å²) in [4.78, 5) is 28.8. The van der Waals surface area contributed by atoms with Crippen LogP contribution in [0.15, 0.2) is 66.7 Å². The first-order valence-corrected chi connectivity index (χ1v) is 15.1. The number of rotatable bonds is 8. The van der Waals surface area contributed by atoms with E-state index in [2.05, 4.69) is 25.2 Å². The lowest BCUT2D eigenvalue weighted by atomic mass is 9.98. The third kappa shape index (κ3) is 5.25. The number of methoxy groups -OCH3 is 2. The minimum absolute atomic E-state index is 0.0877. The highest BCUT2D eigenvalue weighted by Gasteiger charge is 2.39. The number of nitrogens with zero attached hydrogens (tertiary/aromatic N) is 3. The number of benzene rings is 3. The zero-order valence-electron chi connectivity index (χ0n) is 24.2. The van der Waals surface area contributed by atoms with Crippen LogP contribution >= 0.6 is 11.8 Å². The Morgan fingerprint density at radius 1 is 1.02 bits per heavy atom. The van der Waals surface area contributed by atoms with E-state index in [9.17, 15) is 9.59 Å². The van der Waals surface area contributed by atoms with Gasteiger partial charge in [-0.25, -0.2) is 4.68 Å². The van der Waals surface area contributed by atoms with Crippen LogP contribution in [0.25, 0.3) is 16.9 Å². The van der Waals surface area contributed by atoms with E-state index in [1.165, 1.54) is 11.8 Å². The molecule has 0 radical (unpaired) electrons. The Morgan fingerprint density at radius 2 is 1.81 bits per heavy atom. The zero-order valence-corrected chi connectivity index (χ0v) is 25.0. The van der Waals surface area contributed by atoms with Crippen LogP contribution in [0.2, 0.25) is 0 Å². The second-order valence-electron chi connectivity index (χ2n) is 10.7. The van der Waals surface area contributed by atoms with Crippen LogP contribution in [0.5, 0.6) is 11.5 Å². The number of amides is 2. The fourth-order valence-electron chi connectivity index (χ4n) is 5.40. The van der Waals surface area contributed by atoms with Gasteiger partial charge < -0.3 is 14.8 Å². The van der Waals surface area contributed by atoms with Crippen molar-refractivity contribution in [3.05, 3.63) is 89.0 Å². The van der Waals surface area contributed by atoms with Crippen LogP contribution in [-0.4, -0.2) is 54.2 Å². The lowest BCUT2D eigenvalue weighted by Crippen LogP contribution is -2.43. The third-order valence-electron chi connectivity index (χ3n) is 7.90. The smallest absolute Gasteiger partial charge is 0.240 e. The zero-order chi connectivity index (χ0) is 29.4. The van der Waals surface area contributed by atoms with Gasteiger partial charge in [0.1, 0.15) is 23.9 Å². The van der Waals surface area contributed by atoms with Gasteiger partial charge in [0.25, 0.3) is 0 Å². The summed E-state index contributed by atoms with van der Waals surface area (Å²) in [5.41, 5.74) is 6.40. The largest absolute Gasteiger partial charge is 0.497 e. The number of aromatic nitrogens is 2. The molecule has 4 aromatic rings. The monoisotopic (exact) mass is 582 g/mol. The van der Waals surface area contributed by atoms with Gasteiger partial charge in [0.05, 0.1) is 36.6 Å². The van der Waals surface area contributed by atoms with Crippen molar-refractivity contribution in [3.63, 3.8) is 0 Å². The molecule has 1 atom stereocenters. The molecule has 1 fully saturated rings. The molecule has 0 saturated heterocycles. The van der Waals surface area contributed by atoms with E-state index < -0.39 is 0 Å². The van der Waals surface area contributed by atoms with Gasteiger partial charge in [-0.2, -0.15) is 5.10 Å². The molecule has 1 unspecified atom stereocenters. The maximum Gasteiger partial charge on any atom is 0.240 e. The van der Waals surface area contributed by atoms with Crippen LogP contribution in [0.4, 0.5) is 5.82 Å². The van der Waals surface area contributed by atoms with Crippen LogP contribution in [0, 0.1) is 13.8 Å². The average molecular weight is 583 g/mol. The van der Waals surface area contributed by atoms with E-state index in [1.54, 1.807) is 19.1 Å². The molecule has 9 heteroatoms. The Kier molecular flexibility index (Phi) is 7.68. The number of carbonyl (C=O) groups is 2. The number of thioether (sulfide) groups is 1. The number of hydrogen-bond donors (Lipinski definition) is 1. The molecule has 1 saturated carbocycles. The molecule has 3 aromatic carbocycles. The molecule has 2 amide bonds. The first-order valence-electron chi connectivity index (χ1n) is 14.1. The van der Waals surface area contributed by atoms with Crippen molar-refractivity contribution in [2.24, 2.45) is 0 Å². The van der Waals surface area contributed by atoms with Crippen LogP contribution in [0.3, 0.4) is 0 Å². The van der Waals surface area contributed by atoms with Crippen molar-refractivity contribution in [1.82, 2.24) is 15.1 Å².